The van der Waals surface area contributed by atoms with Crippen LogP contribution in [0.5, 0.6) is 0 Å². The van der Waals surface area contributed by atoms with E-state index in [9.17, 15) is 0 Å². The molecule has 1 N–H and O–H groups in total. The third-order valence-electron chi connectivity index (χ3n) is 4.44. The van der Waals surface area contributed by atoms with Gasteiger partial charge in [-0.3, -0.25) is 4.68 Å². The van der Waals surface area contributed by atoms with Crippen LogP contribution in [-0.2, 0) is 13.5 Å². The lowest BCUT2D eigenvalue weighted by Gasteiger charge is -2.24. The van der Waals surface area contributed by atoms with Crippen LogP contribution in [0.15, 0.2) is 6.07 Å². The van der Waals surface area contributed by atoms with Crippen LogP contribution in [0.2, 0.25) is 0 Å². The molecule has 0 bridgehead atoms. The molecule has 0 aliphatic carbocycles. The molecule has 122 valence electrons. The second kappa shape index (κ2) is 9.99. The van der Waals surface area contributed by atoms with E-state index in [1.807, 2.05) is 0 Å². The van der Waals surface area contributed by atoms with E-state index >= 15 is 0 Å². The van der Waals surface area contributed by atoms with Crippen LogP contribution in [0.3, 0.4) is 0 Å². The molecule has 21 heavy (non-hydrogen) atoms. The number of aryl methyl sites for hydroxylation is 2. The highest BCUT2D eigenvalue weighted by Crippen LogP contribution is 2.27. The molecule has 2 atom stereocenters. The number of hydrogen-bond donors (Lipinski definition) is 1. The largest absolute Gasteiger partial charge is 0.309 e. The molecule has 1 aromatic heterocycles. The van der Waals surface area contributed by atoms with Crippen molar-refractivity contribution in [2.75, 3.05) is 6.54 Å². The maximum atomic E-state index is 4.63. The van der Waals surface area contributed by atoms with Gasteiger partial charge < -0.3 is 5.32 Å². The minimum atomic E-state index is 0.449. The topological polar surface area (TPSA) is 29.9 Å². The van der Waals surface area contributed by atoms with Crippen LogP contribution in [0.4, 0.5) is 0 Å². The summed E-state index contributed by atoms with van der Waals surface area (Å²) in [4.78, 5) is 0. The minimum Gasteiger partial charge on any atom is -0.309 e. The number of hydrogen-bond acceptors (Lipinski definition) is 2. The Balaban J connectivity index is 2.80. The van der Waals surface area contributed by atoms with E-state index in [2.05, 4.69) is 55.9 Å². The van der Waals surface area contributed by atoms with E-state index in [1.165, 1.54) is 49.9 Å². The minimum absolute atomic E-state index is 0.449. The van der Waals surface area contributed by atoms with Gasteiger partial charge in [0.25, 0.3) is 0 Å². The van der Waals surface area contributed by atoms with Gasteiger partial charge in [0, 0.05) is 13.1 Å². The van der Waals surface area contributed by atoms with Crippen LogP contribution in [0, 0.1) is 5.92 Å². The molecule has 0 aromatic carbocycles. The van der Waals surface area contributed by atoms with Gasteiger partial charge in [-0.15, -0.1) is 0 Å². The van der Waals surface area contributed by atoms with E-state index in [-0.39, 0.29) is 0 Å². The standard InChI is InChI=1S/C18H35N3/c1-6-10-11-15(8-3)13-17(19-12-7-2)18-14-16(9-4)20-21(18)5/h14-15,17,19H,6-13H2,1-5H3. The van der Waals surface area contributed by atoms with E-state index < -0.39 is 0 Å². The first-order chi connectivity index (χ1) is 10.2. The molecule has 0 amide bonds. The smallest absolute Gasteiger partial charge is 0.0625 e. The SMILES string of the molecule is CCCCC(CC)CC(NCCC)c1cc(CC)nn1C. The van der Waals surface area contributed by atoms with Gasteiger partial charge in [0.2, 0.25) is 0 Å². The predicted octanol–water partition coefficient (Wildman–Crippen LogP) is 4.63. The molecule has 1 rings (SSSR count). The Hall–Kier alpha value is -0.830. The molecule has 1 heterocycles. The molecule has 1 aromatic rings. The summed E-state index contributed by atoms with van der Waals surface area (Å²) in [5.74, 6) is 0.819. The molecular formula is C18H35N3. The van der Waals surface area contributed by atoms with Crippen molar-refractivity contribution in [1.29, 1.82) is 0 Å². The van der Waals surface area contributed by atoms with Crippen molar-refractivity contribution < 1.29 is 0 Å². The summed E-state index contributed by atoms with van der Waals surface area (Å²) < 4.78 is 2.08. The fourth-order valence-electron chi connectivity index (χ4n) is 2.98. The molecule has 0 aliphatic rings. The molecule has 2 unspecified atom stereocenters. The van der Waals surface area contributed by atoms with Gasteiger partial charge in [-0.2, -0.15) is 5.10 Å². The van der Waals surface area contributed by atoms with Crippen molar-refractivity contribution in [2.24, 2.45) is 13.0 Å². The Bertz CT molecular complexity index is 384. The van der Waals surface area contributed by atoms with E-state index in [1.54, 1.807) is 0 Å². The molecule has 3 nitrogen and oxygen atoms in total. The summed E-state index contributed by atoms with van der Waals surface area (Å²) in [5, 5.41) is 8.37. The third kappa shape index (κ3) is 5.82. The molecule has 0 fully saturated rings. The van der Waals surface area contributed by atoms with Crippen LogP contribution >= 0.6 is 0 Å². The molecule has 0 saturated carbocycles. The monoisotopic (exact) mass is 293 g/mol. The van der Waals surface area contributed by atoms with Gasteiger partial charge in [-0.05, 0) is 37.8 Å². The van der Waals surface area contributed by atoms with E-state index in [0.29, 0.717) is 6.04 Å². The summed E-state index contributed by atoms with van der Waals surface area (Å²) in [5.41, 5.74) is 2.56. The summed E-state index contributed by atoms with van der Waals surface area (Å²) in [6, 6.07) is 2.74. The van der Waals surface area contributed by atoms with Gasteiger partial charge in [-0.1, -0.05) is 53.4 Å². The van der Waals surface area contributed by atoms with Crippen molar-refractivity contribution in [1.82, 2.24) is 15.1 Å². The molecule has 3 heteroatoms. The van der Waals surface area contributed by atoms with Crippen LogP contribution in [0.25, 0.3) is 0 Å². The van der Waals surface area contributed by atoms with Crippen LogP contribution < -0.4 is 5.32 Å². The van der Waals surface area contributed by atoms with Crippen LogP contribution in [-0.4, -0.2) is 16.3 Å². The fraction of sp³-hybridized carbons (Fsp3) is 0.833. The van der Waals surface area contributed by atoms with Gasteiger partial charge in [-0.25, -0.2) is 0 Å². The lowest BCUT2D eigenvalue weighted by atomic mass is 9.90. The predicted molar refractivity (Wildman–Crippen MR) is 91.5 cm³/mol. The third-order valence-corrected chi connectivity index (χ3v) is 4.44. The van der Waals surface area contributed by atoms with Crippen molar-refractivity contribution in [2.45, 2.75) is 78.7 Å². The van der Waals surface area contributed by atoms with Crippen molar-refractivity contribution in [3.63, 3.8) is 0 Å². The maximum Gasteiger partial charge on any atom is 0.0625 e. The van der Waals surface area contributed by atoms with Gasteiger partial charge >= 0.3 is 0 Å². The highest BCUT2D eigenvalue weighted by molar-refractivity contribution is 5.14. The lowest BCUT2D eigenvalue weighted by Crippen LogP contribution is -2.26. The first-order valence-corrected chi connectivity index (χ1v) is 8.92. The van der Waals surface area contributed by atoms with Crippen molar-refractivity contribution >= 4 is 0 Å². The summed E-state index contributed by atoms with van der Waals surface area (Å²) >= 11 is 0. The van der Waals surface area contributed by atoms with Gasteiger partial charge in [0.1, 0.15) is 0 Å². The Kier molecular flexibility index (Phi) is 8.67. The summed E-state index contributed by atoms with van der Waals surface area (Å²) in [6.07, 6.45) is 8.72. The number of nitrogens with one attached hydrogen (secondary N) is 1. The average Bonchev–Trinajstić information content (AvgIpc) is 2.88. The van der Waals surface area contributed by atoms with E-state index in [4.69, 9.17) is 0 Å². The first-order valence-electron chi connectivity index (χ1n) is 8.92. The fourth-order valence-corrected chi connectivity index (χ4v) is 2.98. The first kappa shape index (κ1) is 18.2. The second-order valence-electron chi connectivity index (χ2n) is 6.20. The molecule has 0 spiro atoms. The highest BCUT2D eigenvalue weighted by atomic mass is 15.3. The van der Waals surface area contributed by atoms with Gasteiger partial charge in [0.05, 0.1) is 11.4 Å². The summed E-state index contributed by atoms with van der Waals surface area (Å²) in [7, 11) is 2.09. The normalized spacial score (nSPS) is 14.3. The van der Waals surface area contributed by atoms with Crippen LogP contribution in [0.1, 0.15) is 83.6 Å². The zero-order chi connectivity index (χ0) is 15.7. The number of nitrogens with zero attached hydrogens (tertiary/aromatic N) is 2. The average molecular weight is 293 g/mol. The molecular weight excluding hydrogens is 258 g/mol. The number of unbranched alkanes of at least 4 members (excludes halogenated alkanes) is 1. The van der Waals surface area contributed by atoms with Gasteiger partial charge in [0.15, 0.2) is 0 Å². The zero-order valence-electron chi connectivity index (χ0n) is 14.8. The van der Waals surface area contributed by atoms with E-state index in [0.717, 1.165) is 18.9 Å². The second-order valence-corrected chi connectivity index (χ2v) is 6.20. The Morgan fingerprint density at radius 1 is 1.19 bits per heavy atom. The maximum absolute atomic E-state index is 4.63. The zero-order valence-corrected chi connectivity index (χ0v) is 14.8. The Morgan fingerprint density at radius 2 is 1.95 bits per heavy atom. The molecule has 0 saturated heterocycles. The highest BCUT2D eigenvalue weighted by Gasteiger charge is 2.20. The van der Waals surface area contributed by atoms with Crippen molar-refractivity contribution in [3.05, 3.63) is 17.5 Å². The quantitative estimate of drug-likeness (QED) is 0.644. The lowest BCUT2D eigenvalue weighted by molar-refractivity contribution is 0.344. The number of rotatable bonds is 11. The Morgan fingerprint density at radius 3 is 2.48 bits per heavy atom. The molecule has 0 radical (unpaired) electrons. The van der Waals surface area contributed by atoms with Crippen molar-refractivity contribution in [3.8, 4) is 0 Å². The molecule has 0 aliphatic heterocycles. The summed E-state index contributed by atoms with van der Waals surface area (Å²) in [6.45, 7) is 10.1. The number of aromatic nitrogens is 2. The Labute approximate surface area is 131 Å².